The number of benzene rings is 1. The van der Waals surface area contributed by atoms with Crippen LogP contribution in [0.15, 0.2) is 24.3 Å². The minimum absolute atomic E-state index is 0.446. The van der Waals surface area contributed by atoms with Crippen molar-refractivity contribution in [1.82, 2.24) is 4.72 Å². The molecule has 1 unspecified atom stereocenters. The van der Waals surface area contributed by atoms with Crippen molar-refractivity contribution < 1.29 is 4.21 Å². The minimum atomic E-state index is -0.975. The van der Waals surface area contributed by atoms with Crippen LogP contribution in [0.4, 0.5) is 5.69 Å². The van der Waals surface area contributed by atoms with Gasteiger partial charge in [-0.15, -0.1) is 0 Å². The van der Waals surface area contributed by atoms with E-state index in [1.54, 1.807) is 0 Å². The van der Waals surface area contributed by atoms with Crippen molar-refractivity contribution in [2.75, 3.05) is 5.73 Å². The van der Waals surface area contributed by atoms with Gasteiger partial charge in [-0.3, -0.25) is 0 Å². The molecule has 1 saturated carbocycles. The molecular formula is C12H18N2OS. The summed E-state index contributed by atoms with van der Waals surface area (Å²) in [4.78, 5) is 0. The molecule has 1 aliphatic carbocycles. The summed E-state index contributed by atoms with van der Waals surface area (Å²) in [6, 6.07) is 8.04. The molecule has 0 heterocycles. The summed E-state index contributed by atoms with van der Waals surface area (Å²) < 4.78 is 15.0. The molecule has 1 aromatic carbocycles. The lowest BCUT2D eigenvalue weighted by molar-refractivity contribution is 0.616. The van der Waals surface area contributed by atoms with Crippen LogP contribution in [-0.2, 0) is 16.7 Å². The first-order chi connectivity index (χ1) is 7.74. The number of anilines is 1. The van der Waals surface area contributed by atoms with Gasteiger partial charge in [-0.1, -0.05) is 25.0 Å². The zero-order chi connectivity index (χ0) is 11.4. The first-order valence-corrected chi connectivity index (χ1v) is 7.05. The van der Waals surface area contributed by atoms with E-state index >= 15 is 0 Å². The lowest BCUT2D eigenvalue weighted by atomic mass is 10.2. The molecule has 0 saturated heterocycles. The number of rotatable bonds is 4. The van der Waals surface area contributed by atoms with E-state index in [9.17, 15) is 4.21 Å². The van der Waals surface area contributed by atoms with Crippen molar-refractivity contribution in [3.63, 3.8) is 0 Å². The van der Waals surface area contributed by atoms with E-state index in [0.717, 1.165) is 24.1 Å². The van der Waals surface area contributed by atoms with Crippen LogP contribution >= 0.6 is 0 Å². The van der Waals surface area contributed by atoms with Gasteiger partial charge >= 0.3 is 0 Å². The quantitative estimate of drug-likeness (QED) is 0.788. The Labute approximate surface area is 99.0 Å². The summed E-state index contributed by atoms with van der Waals surface area (Å²) in [5.41, 5.74) is 7.44. The SMILES string of the molecule is Nc1cccc(CS(=O)NC2CCCC2)c1. The van der Waals surface area contributed by atoms with Crippen LogP contribution < -0.4 is 10.5 Å². The molecule has 2 rings (SSSR count). The highest BCUT2D eigenvalue weighted by Crippen LogP contribution is 2.18. The summed E-state index contributed by atoms with van der Waals surface area (Å²) >= 11 is 0. The highest BCUT2D eigenvalue weighted by molar-refractivity contribution is 7.82. The monoisotopic (exact) mass is 238 g/mol. The van der Waals surface area contributed by atoms with Crippen LogP contribution in [0.5, 0.6) is 0 Å². The molecule has 3 nitrogen and oxygen atoms in total. The molecule has 1 aliphatic rings. The van der Waals surface area contributed by atoms with Crippen molar-refractivity contribution in [3.8, 4) is 0 Å². The molecule has 3 N–H and O–H groups in total. The molecule has 0 radical (unpaired) electrons. The van der Waals surface area contributed by atoms with Crippen molar-refractivity contribution in [2.45, 2.75) is 37.5 Å². The summed E-state index contributed by atoms with van der Waals surface area (Å²) in [6.45, 7) is 0. The van der Waals surface area contributed by atoms with E-state index in [-0.39, 0.29) is 0 Å². The fraction of sp³-hybridized carbons (Fsp3) is 0.500. The minimum Gasteiger partial charge on any atom is -0.399 e. The van der Waals surface area contributed by atoms with E-state index < -0.39 is 11.0 Å². The lowest BCUT2D eigenvalue weighted by Crippen LogP contribution is -2.28. The number of nitrogen functional groups attached to an aromatic ring is 1. The van der Waals surface area contributed by atoms with E-state index in [4.69, 9.17) is 5.73 Å². The molecule has 1 atom stereocenters. The number of nitrogens with two attached hydrogens (primary N) is 1. The number of nitrogens with one attached hydrogen (secondary N) is 1. The average molecular weight is 238 g/mol. The maximum Gasteiger partial charge on any atom is 0.0963 e. The topological polar surface area (TPSA) is 55.1 Å². The largest absolute Gasteiger partial charge is 0.399 e. The van der Waals surface area contributed by atoms with Gasteiger partial charge in [0.1, 0.15) is 0 Å². The Morgan fingerprint density at radius 3 is 2.81 bits per heavy atom. The predicted molar refractivity (Wildman–Crippen MR) is 68.1 cm³/mol. The summed E-state index contributed by atoms with van der Waals surface area (Å²) in [5, 5.41) is 0. The Morgan fingerprint density at radius 2 is 2.12 bits per heavy atom. The van der Waals surface area contributed by atoms with Crippen molar-refractivity contribution in [2.24, 2.45) is 0 Å². The molecule has 1 aromatic rings. The fourth-order valence-electron chi connectivity index (χ4n) is 2.11. The molecule has 16 heavy (non-hydrogen) atoms. The smallest absolute Gasteiger partial charge is 0.0963 e. The summed E-state index contributed by atoms with van der Waals surface area (Å²) in [5.74, 6) is 0.543. The van der Waals surface area contributed by atoms with Crippen molar-refractivity contribution in [3.05, 3.63) is 29.8 Å². The van der Waals surface area contributed by atoms with Gasteiger partial charge in [0.2, 0.25) is 0 Å². The van der Waals surface area contributed by atoms with Crippen LogP contribution in [0.2, 0.25) is 0 Å². The highest BCUT2D eigenvalue weighted by Gasteiger charge is 2.16. The Kier molecular flexibility index (Phi) is 3.96. The molecule has 0 spiro atoms. The Hall–Kier alpha value is -0.870. The maximum absolute atomic E-state index is 11.8. The zero-order valence-corrected chi connectivity index (χ0v) is 10.1. The van der Waals surface area contributed by atoms with Crippen LogP contribution in [0.1, 0.15) is 31.2 Å². The van der Waals surface area contributed by atoms with Gasteiger partial charge in [0.05, 0.1) is 16.7 Å². The molecule has 0 aliphatic heterocycles. The van der Waals surface area contributed by atoms with E-state index in [1.807, 2.05) is 24.3 Å². The van der Waals surface area contributed by atoms with Crippen molar-refractivity contribution in [1.29, 1.82) is 0 Å². The van der Waals surface area contributed by atoms with Crippen LogP contribution in [0, 0.1) is 0 Å². The van der Waals surface area contributed by atoms with Crippen LogP contribution in [-0.4, -0.2) is 10.3 Å². The third-order valence-corrected chi connectivity index (χ3v) is 4.09. The second kappa shape index (κ2) is 5.46. The summed E-state index contributed by atoms with van der Waals surface area (Å²) in [6.07, 6.45) is 4.83. The van der Waals surface area contributed by atoms with Crippen LogP contribution in [0.3, 0.4) is 0 Å². The zero-order valence-electron chi connectivity index (χ0n) is 9.32. The second-order valence-electron chi connectivity index (χ2n) is 4.33. The highest BCUT2D eigenvalue weighted by atomic mass is 32.2. The summed E-state index contributed by atoms with van der Waals surface area (Å²) in [7, 11) is -0.975. The van der Waals surface area contributed by atoms with Gasteiger partial charge in [-0.2, -0.15) is 0 Å². The Morgan fingerprint density at radius 1 is 1.38 bits per heavy atom. The van der Waals surface area contributed by atoms with E-state index in [0.29, 0.717) is 11.8 Å². The number of hydrogen-bond donors (Lipinski definition) is 2. The molecule has 1 fully saturated rings. The third kappa shape index (κ3) is 3.32. The van der Waals surface area contributed by atoms with Gasteiger partial charge in [0, 0.05) is 11.7 Å². The molecular weight excluding hydrogens is 220 g/mol. The molecule has 4 heteroatoms. The Bertz CT molecular complexity index is 375. The standard InChI is InChI=1S/C12H18N2OS/c13-11-5-3-4-10(8-11)9-16(15)14-12-6-1-2-7-12/h3-5,8,12,14H,1-2,6-7,9,13H2. The lowest BCUT2D eigenvalue weighted by Gasteiger charge is -2.11. The average Bonchev–Trinajstić information content (AvgIpc) is 2.70. The second-order valence-corrected chi connectivity index (χ2v) is 5.55. The third-order valence-electron chi connectivity index (χ3n) is 2.90. The Balaban J connectivity index is 1.86. The van der Waals surface area contributed by atoms with E-state index in [2.05, 4.69) is 4.72 Å². The van der Waals surface area contributed by atoms with Gasteiger partial charge in [-0.25, -0.2) is 8.93 Å². The van der Waals surface area contributed by atoms with Crippen LogP contribution in [0.25, 0.3) is 0 Å². The van der Waals surface area contributed by atoms with E-state index in [1.165, 1.54) is 12.8 Å². The molecule has 0 aromatic heterocycles. The molecule has 88 valence electrons. The van der Waals surface area contributed by atoms with Crippen molar-refractivity contribution >= 4 is 16.7 Å². The first kappa shape index (κ1) is 11.6. The first-order valence-electron chi connectivity index (χ1n) is 5.73. The normalized spacial score (nSPS) is 18.8. The fourth-order valence-corrected chi connectivity index (χ4v) is 3.28. The van der Waals surface area contributed by atoms with Gasteiger partial charge < -0.3 is 5.73 Å². The van der Waals surface area contributed by atoms with Gasteiger partial charge in [-0.05, 0) is 30.5 Å². The van der Waals surface area contributed by atoms with Gasteiger partial charge in [0.15, 0.2) is 0 Å². The predicted octanol–water partition coefficient (Wildman–Crippen LogP) is 1.96. The molecule has 0 bridgehead atoms. The number of hydrogen-bond acceptors (Lipinski definition) is 2. The molecule has 0 amide bonds. The van der Waals surface area contributed by atoms with Gasteiger partial charge in [0.25, 0.3) is 0 Å². The maximum atomic E-state index is 11.8.